The SMILES string of the molecule is Cc1cccc2c(Cl)nc(-c3cccc(N(C)C)c3)nc12. The third-order valence-electron chi connectivity index (χ3n) is 3.50. The summed E-state index contributed by atoms with van der Waals surface area (Å²) in [5.41, 5.74) is 4.08. The maximum Gasteiger partial charge on any atom is 0.161 e. The van der Waals surface area contributed by atoms with Gasteiger partial charge in [0.2, 0.25) is 0 Å². The van der Waals surface area contributed by atoms with Gasteiger partial charge in [-0.3, -0.25) is 0 Å². The number of anilines is 1. The lowest BCUT2D eigenvalue weighted by atomic mass is 10.1. The highest BCUT2D eigenvalue weighted by molar-refractivity contribution is 6.34. The van der Waals surface area contributed by atoms with Crippen LogP contribution in [0.3, 0.4) is 0 Å². The molecule has 0 saturated carbocycles. The molecule has 0 spiro atoms. The second kappa shape index (κ2) is 5.34. The van der Waals surface area contributed by atoms with Gasteiger partial charge >= 0.3 is 0 Å². The Hall–Kier alpha value is -2.13. The molecule has 0 saturated heterocycles. The molecule has 0 radical (unpaired) electrons. The maximum atomic E-state index is 6.32. The first kappa shape index (κ1) is 13.8. The fourth-order valence-electron chi connectivity index (χ4n) is 2.31. The third kappa shape index (κ3) is 2.57. The van der Waals surface area contributed by atoms with Crippen molar-refractivity contribution in [3.05, 3.63) is 53.2 Å². The van der Waals surface area contributed by atoms with Gasteiger partial charge in [-0.05, 0) is 30.7 Å². The molecule has 0 amide bonds. The van der Waals surface area contributed by atoms with Crippen molar-refractivity contribution in [1.82, 2.24) is 9.97 Å². The average Bonchev–Trinajstić information content (AvgIpc) is 2.48. The highest BCUT2D eigenvalue weighted by Crippen LogP contribution is 2.28. The topological polar surface area (TPSA) is 29.0 Å². The molecule has 0 fully saturated rings. The molecule has 0 aliphatic heterocycles. The van der Waals surface area contributed by atoms with Crippen LogP contribution in [-0.4, -0.2) is 24.1 Å². The number of hydrogen-bond donors (Lipinski definition) is 0. The van der Waals surface area contributed by atoms with Crippen molar-refractivity contribution in [3.63, 3.8) is 0 Å². The molecule has 3 rings (SSSR count). The molecule has 21 heavy (non-hydrogen) atoms. The van der Waals surface area contributed by atoms with Gasteiger partial charge in [0.05, 0.1) is 5.52 Å². The lowest BCUT2D eigenvalue weighted by Crippen LogP contribution is -2.08. The molecule has 0 aliphatic carbocycles. The molecule has 0 unspecified atom stereocenters. The smallest absolute Gasteiger partial charge is 0.161 e. The maximum absolute atomic E-state index is 6.32. The molecule has 1 heterocycles. The lowest BCUT2D eigenvalue weighted by molar-refractivity contribution is 1.13. The highest BCUT2D eigenvalue weighted by atomic mass is 35.5. The van der Waals surface area contributed by atoms with Crippen LogP contribution in [-0.2, 0) is 0 Å². The van der Waals surface area contributed by atoms with Crippen molar-refractivity contribution in [2.45, 2.75) is 6.92 Å². The minimum absolute atomic E-state index is 0.494. The summed E-state index contributed by atoms with van der Waals surface area (Å²) < 4.78 is 0. The summed E-state index contributed by atoms with van der Waals surface area (Å²) in [5, 5.41) is 1.39. The zero-order valence-corrected chi connectivity index (χ0v) is 13.0. The van der Waals surface area contributed by atoms with Gasteiger partial charge in [0.15, 0.2) is 5.82 Å². The quantitative estimate of drug-likeness (QED) is 0.659. The first-order chi connectivity index (χ1) is 10.1. The van der Waals surface area contributed by atoms with Gasteiger partial charge in [0.1, 0.15) is 5.15 Å². The zero-order valence-electron chi connectivity index (χ0n) is 12.3. The van der Waals surface area contributed by atoms with Gasteiger partial charge in [0.25, 0.3) is 0 Å². The molecular weight excluding hydrogens is 282 g/mol. The number of hydrogen-bond acceptors (Lipinski definition) is 3. The van der Waals surface area contributed by atoms with E-state index < -0.39 is 0 Å². The van der Waals surface area contributed by atoms with E-state index >= 15 is 0 Å². The van der Waals surface area contributed by atoms with Gasteiger partial charge < -0.3 is 4.90 Å². The van der Waals surface area contributed by atoms with Crippen molar-refractivity contribution in [2.24, 2.45) is 0 Å². The molecule has 0 aliphatic rings. The number of para-hydroxylation sites is 1. The number of aromatic nitrogens is 2. The van der Waals surface area contributed by atoms with Crippen LogP contribution >= 0.6 is 11.6 Å². The van der Waals surface area contributed by atoms with Crippen LogP contribution in [0.2, 0.25) is 5.15 Å². The molecule has 1 aromatic heterocycles. The molecule has 0 atom stereocenters. The zero-order chi connectivity index (χ0) is 15.0. The van der Waals surface area contributed by atoms with E-state index in [1.807, 2.05) is 51.4 Å². The number of nitrogens with zero attached hydrogens (tertiary/aromatic N) is 3. The van der Waals surface area contributed by atoms with Crippen LogP contribution in [0.1, 0.15) is 5.56 Å². The standard InChI is InChI=1S/C17H16ClN3/c1-11-6-4-9-14-15(11)19-17(20-16(14)18)12-7-5-8-13(10-12)21(2)3/h4-10H,1-3H3. The Balaban J connectivity index is 2.21. The van der Waals surface area contributed by atoms with Crippen molar-refractivity contribution < 1.29 is 0 Å². The fraction of sp³-hybridized carbons (Fsp3) is 0.176. The molecule has 0 bridgehead atoms. The Labute approximate surface area is 129 Å². The minimum atomic E-state index is 0.494. The summed E-state index contributed by atoms with van der Waals surface area (Å²) in [6.07, 6.45) is 0. The van der Waals surface area contributed by atoms with Gasteiger partial charge in [-0.2, -0.15) is 0 Å². The van der Waals surface area contributed by atoms with E-state index in [2.05, 4.69) is 22.0 Å². The van der Waals surface area contributed by atoms with E-state index in [0.29, 0.717) is 11.0 Å². The average molecular weight is 298 g/mol. The predicted octanol–water partition coefficient (Wildman–Crippen LogP) is 4.32. The van der Waals surface area contributed by atoms with E-state index in [0.717, 1.165) is 27.7 Å². The number of aryl methyl sites for hydroxylation is 1. The van der Waals surface area contributed by atoms with E-state index in [9.17, 15) is 0 Å². The van der Waals surface area contributed by atoms with Crippen LogP contribution < -0.4 is 4.90 Å². The van der Waals surface area contributed by atoms with E-state index in [1.165, 1.54) is 0 Å². The third-order valence-corrected chi connectivity index (χ3v) is 3.79. The van der Waals surface area contributed by atoms with E-state index in [-0.39, 0.29) is 0 Å². The highest BCUT2D eigenvalue weighted by Gasteiger charge is 2.10. The largest absolute Gasteiger partial charge is 0.378 e. The summed E-state index contributed by atoms with van der Waals surface area (Å²) in [4.78, 5) is 11.2. The van der Waals surface area contributed by atoms with Crippen molar-refractivity contribution >= 4 is 28.2 Å². The Morgan fingerprint density at radius 3 is 2.52 bits per heavy atom. The van der Waals surface area contributed by atoms with Crippen molar-refractivity contribution in [2.75, 3.05) is 19.0 Å². The Morgan fingerprint density at radius 2 is 1.76 bits per heavy atom. The first-order valence-electron chi connectivity index (χ1n) is 6.77. The summed E-state index contributed by atoms with van der Waals surface area (Å²) in [6, 6.07) is 14.1. The van der Waals surface area contributed by atoms with Crippen LogP contribution in [0.15, 0.2) is 42.5 Å². The molecule has 2 aromatic carbocycles. The van der Waals surface area contributed by atoms with Crippen LogP contribution in [0.5, 0.6) is 0 Å². The van der Waals surface area contributed by atoms with Crippen molar-refractivity contribution in [3.8, 4) is 11.4 Å². The summed E-state index contributed by atoms with van der Waals surface area (Å²) >= 11 is 6.32. The van der Waals surface area contributed by atoms with E-state index in [1.54, 1.807) is 0 Å². The number of halogens is 1. The van der Waals surface area contributed by atoms with Gasteiger partial charge in [0, 0.05) is 30.7 Å². The molecule has 0 N–H and O–H groups in total. The second-order valence-corrected chi connectivity index (χ2v) is 5.61. The van der Waals surface area contributed by atoms with Crippen LogP contribution in [0.4, 0.5) is 5.69 Å². The number of benzene rings is 2. The number of fused-ring (bicyclic) bond motifs is 1. The molecule has 106 valence electrons. The second-order valence-electron chi connectivity index (χ2n) is 5.25. The molecule has 4 heteroatoms. The fourth-order valence-corrected chi connectivity index (χ4v) is 2.54. The minimum Gasteiger partial charge on any atom is -0.378 e. The number of rotatable bonds is 2. The monoisotopic (exact) mass is 297 g/mol. The van der Waals surface area contributed by atoms with Crippen LogP contribution in [0, 0.1) is 6.92 Å². The summed E-state index contributed by atoms with van der Waals surface area (Å²) in [5.74, 6) is 0.658. The summed E-state index contributed by atoms with van der Waals surface area (Å²) in [7, 11) is 4.02. The Kier molecular flexibility index (Phi) is 3.52. The Morgan fingerprint density at radius 1 is 1.00 bits per heavy atom. The Bertz CT molecular complexity index is 812. The van der Waals surface area contributed by atoms with Crippen molar-refractivity contribution in [1.29, 1.82) is 0 Å². The van der Waals surface area contributed by atoms with Gasteiger partial charge in [-0.1, -0.05) is 35.9 Å². The molecular formula is C17H16ClN3. The molecule has 3 aromatic rings. The van der Waals surface area contributed by atoms with Gasteiger partial charge in [-0.15, -0.1) is 0 Å². The predicted molar refractivity (Wildman–Crippen MR) is 89.0 cm³/mol. The lowest BCUT2D eigenvalue weighted by Gasteiger charge is -2.13. The molecule has 3 nitrogen and oxygen atoms in total. The van der Waals surface area contributed by atoms with Crippen LogP contribution in [0.25, 0.3) is 22.3 Å². The van der Waals surface area contributed by atoms with E-state index in [4.69, 9.17) is 16.6 Å². The first-order valence-corrected chi connectivity index (χ1v) is 7.14. The normalized spacial score (nSPS) is 10.9. The van der Waals surface area contributed by atoms with Gasteiger partial charge in [-0.25, -0.2) is 9.97 Å². The summed E-state index contributed by atoms with van der Waals surface area (Å²) in [6.45, 7) is 2.03.